The zero-order chi connectivity index (χ0) is 37.9. The third kappa shape index (κ3) is 4.42. The molecule has 8 aliphatic carbocycles. The Morgan fingerprint density at radius 3 is 1.25 bits per heavy atom. The van der Waals surface area contributed by atoms with Crippen LogP contribution in [0.25, 0.3) is 0 Å². The first-order valence-electron chi connectivity index (χ1n) is 22.5. The van der Waals surface area contributed by atoms with Gasteiger partial charge in [0.15, 0.2) is 8.32 Å². The van der Waals surface area contributed by atoms with Gasteiger partial charge in [0.1, 0.15) is 11.5 Å². The van der Waals surface area contributed by atoms with E-state index in [2.05, 4.69) is 92.8 Å². The molecule has 0 unspecified atom stereocenters. The van der Waals surface area contributed by atoms with E-state index in [1.807, 2.05) is 7.11 Å². The molecule has 4 heteroatoms. The van der Waals surface area contributed by atoms with Crippen LogP contribution >= 0.6 is 0 Å². The Bertz CT molecular complexity index is 2410. The van der Waals surface area contributed by atoms with Gasteiger partial charge in [0.05, 0.1) is 13.7 Å². The summed E-state index contributed by atoms with van der Waals surface area (Å²) in [5.74, 6) is 6.17. The van der Waals surface area contributed by atoms with E-state index >= 15 is 0 Å². The normalized spacial score (nSPS) is 27.2. The fourth-order valence-corrected chi connectivity index (χ4v) is 16.5. The zero-order valence-electron chi connectivity index (χ0n) is 34.0. The van der Waals surface area contributed by atoms with Crippen LogP contribution in [0.3, 0.4) is 0 Å². The molecule has 0 saturated heterocycles. The highest BCUT2D eigenvalue weighted by Gasteiger charge is 2.55. The van der Waals surface area contributed by atoms with Gasteiger partial charge in [0.2, 0.25) is 0 Å². The molecule has 13 rings (SSSR count). The van der Waals surface area contributed by atoms with Crippen LogP contribution in [-0.2, 0) is 4.43 Å². The molecule has 0 spiro atoms. The van der Waals surface area contributed by atoms with Gasteiger partial charge in [-0.3, -0.25) is 0 Å². The molecule has 8 atom stereocenters. The molecule has 0 N–H and O–H groups in total. The summed E-state index contributed by atoms with van der Waals surface area (Å²) >= 11 is 0. The molecule has 5 aromatic rings. The summed E-state index contributed by atoms with van der Waals surface area (Å²) in [5, 5.41) is 0. The first kappa shape index (κ1) is 33.8. The van der Waals surface area contributed by atoms with Crippen molar-refractivity contribution in [3.63, 3.8) is 0 Å². The van der Waals surface area contributed by atoms with Crippen LogP contribution < -0.4 is 9.47 Å². The Kier molecular flexibility index (Phi) is 7.11. The summed E-state index contributed by atoms with van der Waals surface area (Å²) in [6.07, 6.45) is 9.65. The van der Waals surface area contributed by atoms with Crippen molar-refractivity contribution in [3.8, 4) is 11.5 Å². The predicted octanol–water partition coefficient (Wildman–Crippen LogP) is 12.8. The third-order valence-corrected chi connectivity index (χ3v) is 19.2. The van der Waals surface area contributed by atoms with Crippen molar-refractivity contribution in [2.24, 2.45) is 0 Å². The van der Waals surface area contributed by atoms with Crippen molar-refractivity contribution in [2.75, 3.05) is 20.3 Å². The van der Waals surface area contributed by atoms with Crippen molar-refractivity contribution in [2.45, 2.75) is 125 Å². The van der Waals surface area contributed by atoms with E-state index in [0.717, 1.165) is 32.5 Å². The zero-order valence-corrected chi connectivity index (χ0v) is 35.0. The van der Waals surface area contributed by atoms with Gasteiger partial charge in [-0.05, 0) is 125 Å². The van der Waals surface area contributed by atoms with Crippen LogP contribution in [0.1, 0.15) is 195 Å². The lowest BCUT2D eigenvalue weighted by molar-refractivity contribution is 0.296. The van der Waals surface area contributed by atoms with Gasteiger partial charge in [0.25, 0.3) is 0 Å². The lowest BCUT2D eigenvalue weighted by Crippen LogP contribution is -2.29. The number of rotatable bonds is 11. The average Bonchev–Trinajstić information content (AvgIpc) is 4.10. The molecule has 0 amide bonds. The van der Waals surface area contributed by atoms with Gasteiger partial charge in [-0.2, -0.15) is 0 Å². The Morgan fingerprint density at radius 1 is 0.474 bits per heavy atom. The van der Waals surface area contributed by atoms with Crippen LogP contribution in [0.4, 0.5) is 0 Å². The van der Waals surface area contributed by atoms with Gasteiger partial charge < -0.3 is 13.9 Å². The smallest absolute Gasteiger partial charge is 0.186 e. The number of benzene rings is 5. The van der Waals surface area contributed by atoms with Crippen LogP contribution in [0, 0.1) is 0 Å². The van der Waals surface area contributed by atoms with Crippen molar-refractivity contribution >= 4 is 8.32 Å². The second kappa shape index (κ2) is 12.0. The molecule has 0 aliphatic heterocycles. The summed E-state index contributed by atoms with van der Waals surface area (Å²) in [5.41, 5.74) is 25.0. The number of ether oxygens (including phenoxy) is 2. The molecule has 288 valence electrons. The maximum absolute atomic E-state index is 7.32. The first-order chi connectivity index (χ1) is 27.9. The highest BCUT2D eigenvalue weighted by molar-refractivity contribution is 6.71. The molecular formula is C53H54O3Si. The third-order valence-electron chi connectivity index (χ3n) is 16.6. The first-order valence-corrected chi connectivity index (χ1v) is 25.6. The molecule has 0 aromatic heterocycles. The molecule has 3 nitrogen and oxygen atoms in total. The van der Waals surface area contributed by atoms with E-state index < -0.39 is 8.32 Å². The number of hydrogen-bond acceptors (Lipinski definition) is 3. The molecule has 0 saturated carbocycles. The monoisotopic (exact) mass is 766 g/mol. The fraction of sp³-hybridized carbons (Fsp3) is 0.434. The van der Waals surface area contributed by atoms with Crippen molar-refractivity contribution < 1.29 is 13.9 Å². The number of methoxy groups -OCH3 is 1. The summed E-state index contributed by atoms with van der Waals surface area (Å²) in [6.45, 7) is 8.52. The van der Waals surface area contributed by atoms with E-state index in [-0.39, 0.29) is 0 Å². The molecular weight excluding hydrogens is 713 g/mol. The molecule has 5 aromatic carbocycles. The molecule has 8 aliphatic rings. The van der Waals surface area contributed by atoms with Crippen LogP contribution in [0.2, 0.25) is 19.1 Å². The molecule has 0 radical (unpaired) electrons. The Balaban J connectivity index is 0.892. The summed E-state index contributed by atoms with van der Waals surface area (Å²) < 4.78 is 20.2. The van der Waals surface area contributed by atoms with E-state index in [9.17, 15) is 0 Å². The SMILES string of the molecule is CCO[Si](C)(C)CCCCCCOc1c2c(c(OC)c3c1[C@H]1C[C@@H]3c3cc4c(cc31)[C@H]1C[C@@H]4c3ccccc31)[C@H]1C[C@@H]2c2cc3c(cc21)[C@H]1C[C@@H]3c2ccccc21. The predicted molar refractivity (Wildman–Crippen MR) is 230 cm³/mol. The Labute approximate surface area is 339 Å². The minimum absolute atomic E-state index is 0.380. The van der Waals surface area contributed by atoms with Gasteiger partial charge in [-0.1, -0.05) is 92.1 Å². The molecule has 0 fully saturated rings. The van der Waals surface area contributed by atoms with E-state index in [1.165, 1.54) is 71.9 Å². The van der Waals surface area contributed by atoms with Crippen LogP contribution in [0.15, 0.2) is 72.8 Å². The Hall–Kier alpha value is -4.12. The largest absolute Gasteiger partial charge is 0.496 e. The summed E-state index contributed by atoms with van der Waals surface area (Å²) in [4.78, 5) is 0. The van der Waals surface area contributed by atoms with Crippen molar-refractivity contribution in [1.29, 1.82) is 0 Å². The second-order valence-corrected chi connectivity index (χ2v) is 23.9. The van der Waals surface area contributed by atoms with Gasteiger partial charge in [-0.25, -0.2) is 0 Å². The minimum atomic E-state index is -1.53. The Morgan fingerprint density at radius 2 is 0.842 bits per heavy atom. The lowest BCUT2D eigenvalue weighted by atomic mass is 9.74. The van der Waals surface area contributed by atoms with Crippen molar-refractivity contribution in [3.05, 3.63) is 162 Å². The maximum Gasteiger partial charge on any atom is 0.186 e. The summed E-state index contributed by atoms with van der Waals surface area (Å²) in [7, 11) is 0.430. The molecule has 0 heterocycles. The molecule has 57 heavy (non-hydrogen) atoms. The standard InChI is InChI=1S/C53H54O3Si/c1-5-56-57(3,4)19-13-7-6-12-18-55-53-50-46-26-44(40-22-36-32-20-34(38(36)24-42(40)46)30-16-10-8-14-28(30)32)48(50)52(54-2)49-45-27-47(51(49)53)43-25-39-35-21-33(37(39)23-41(43)45)29-15-9-11-17-31(29)35/h8-11,14-17,22-25,32-35,44-47H,5-7,12-13,18-21,26-27H2,1-4H3/t32-,33+,34+,35-,44-,45+,46+,47-. The van der Waals surface area contributed by atoms with Gasteiger partial charge in [-0.15, -0.1) is 0 Å². The maximum atomic E-state index is 7.32. The number of unbranched alkanes of at least 4 members (excludes halogenated alkanes) is 3. The van der Waals surface area contributed by atoms with Crippen molar-refractivity contribution in [1.82, 2.24) is 0 Å². The second-order valence-electron chi connectivity index (χ2n) is 19.6. The number of hydrogen-bond donors (Lipinski definition) is 0. The highest BCUT2D eigenvalue weighted by Crippen LogP contribution is 2.71. The van der Waals surface area contributed by atoms with E-state index in [4.69, 9.17) is 13.9 Å². The average molecular weight is 767 g/mol. The topological polar surface area (TPSA) is 27.7 Å². The number of fused-ring (bicyclic) bond motifs is 32. The van der Waals surface area contributed by atoms with Crippen LogP contribution in [0.5, 0.6) is 11.5 Å². The van der Waals surface area contributed by atoms with Gasteiger partial charge >= 0.3 is 0 Å². The highest BCUT2D eigenvalue weighted by atomic mass is 28.4. The van der Waals surface area contributed by atoms with Gasteiger partial charge in [0, 0.05) is 76.2 Å². The minimum Gasteiger partial charge on any atom is -0.496 e. The van der Waals surface area contributed by atoms with E-state index in [0.29, 0.717) is 47.3 Å². The summed E-state index contributed by atoms with van der Waals surface area (Å²) in [6, 6.07) is 30.5. The quantitative estimate of drug-likeness (QED) is 0.0990. The van der Waals surface area contributed by atoms with E-state index in [1.54, 1.807) is 66.8 Å². The lowest BCUT2D eigenvalue weighted by Gasteiger charge is -2.33. The van der Waals surface area contributed by atoms with Crippen LogP contribution in [-0.4, -0.2) is 28.6 Å². The fourth-order valence-electron chi connectivity index (χ4n) is 14.5. The molecule has 8 bridgehead atoms.